The molecule has 0 radical (unpaired) electrons. The van der Waals surface area contributed by atoms with Gasteiger partial charge in [-0.1, -0.05) is 36.7 Å². The first-order chi connectivity index (χ1) is 13.9. The van der Waals surface area contributed by atoms with Gasteiger partial charge in [0.05, 0.1) is 5.92 Å². The van der Waals surface area contributed by atoms with Crippen LogP contribution in [0.3, 0.4) is 0 Å². The fourth-order valence-corrected chi connectivity index (χ4v) is 4.56. The number of nitrogens with zero attached hydrogens (tertiary/aromatic N) is 2. The van der Waals surface area contributed by atoms with Crippen molar-refractivity contribution in [3.05, 3.63) is 70.5 Å². The fourth-order valence-electron chi connectivity index (χ4n) is 4.36. The third-order valence-electron chi connectivity index (χ3n) is 5.52. The van der Waals surface area contributed by atoms with E-state index in [1.807, 2.05) is 31.2 Å². The molecule has 4 rings (SSSR count). The average molecular weight is 408 g/mol. The molecule has 3 atom stereocenters. The molecule has 148 valence electrons. The molecule has 1 amide bonds. The van der Waals surface area contributed by atoms with E-state index in [0.29, 0.717) is 28.5 Å². The second-order valence-electron chi connectivity index (χ2n) is 7.76. The van der Waals surface area contributed by atoms with E-state index >= 15 is 0 Å². The van der Waals surface area contributed by atoms with E-state index in [1.165, 1.54) is 0 Å². The summed E-state index contributed by atoms with van der Waals surface area (Å²) in [6.45, 7) is 3.89. The fraction of sp³-hybridized carbons (Fsp3) is 0.304. The van der Waals surface area contributed by atoms with E-state index < -0.39 is 11.8 Å². The summed E-state index contributed by atoms with van der Waals surface area (Å²) in [7, 11) is 0. The molecule has 1 aromatic heterocycles. The molecular formula is C23H22ClN3O2. The molecule has 29 heavy (non-hydrogen) atoms. The SMILES string of the molecule is CC1=C(C(=O)Nc2ccccn2)[C@@H](c2cccc(Cl)c2)C2C(=O)C[C@H](C)CC2=N1. The lowest BCUT2D eigenvalue weighted by molar-refractivity contribution is -0.123. The van der Waals surface area contributed by atoms with Crippen LogP contribution in [0.4, 0.5) is 5.82 Å². The average Bonchev–Trinajstić information content (AvgIpc) is 2.67. The van der Waals surface area contributed by atoms with Gasteiger partial charge in [-0.15, -0.1) is 0 Å². The number of rotatable bonds is 3. The van der Waals surface area contributed by atoms with Crippen molar-refractivity contribution in [1.82, 2.24) is 4.98 Å². The number of aromatic nitrogens is 1. The number of ketones is 1. The van der Waals surface area contributed by atoms with Crippen LogP contribution in [0.15, 0.2) is 64.9 Å². The lowest BCUT2D eigenvalue weighted by Gasteiger charge is -2.37. The minimum Gasteiger partial charge on any atom is -0.307 e. The predicted octanol–water partition coefficient (Wildman–Crippen LogP) is 4.80. The molecule has 6 heteroatoms. The molecule has 1 unspecified atom stereocenters. The standard InChI is InChI=1S/C23H22ClN3O2/c1-13-10-17-22(18(28)11-13)21(15-6-5-7-16(24)12-15)20(14(2)26-17)23(29)27-19-8-3-4-9-25-19/h3-9,12-13,21-22H,10-11H2,1-2H3,(H,25,27,29)/t13-,21-,22?/m1/s1. The number of nitrogens with one attached hydrogen (secondary N) is 1. The van der Waals surface area contributed by atoms with Crippen LogP contribution in [-0.4, -0.2) is 22.4 Å². The van der Waals surface area contributed by atoms with Gasteiger partial charge < -0.3 is 5.32 Å². The summed E-state index contributed by atoms with van der Waals surface area (Å²) >= 11 is 6.25. The monoisotopic (exact) mass is 407 g/mol. The smallest absolute Gasteiger partial charge is 0.255 e. The molecule has 0 bridgehead atoms. The van der Waals surface area contributed by atoms with Crippen molar-refractivity contribution in [2.45, 2.75) is 32.6 Å². The van der Waals surface area contributed by atoms with E-state index in [9.17, 15) is 9.59 Å². The molecule has 1 aliphatic carbocycles. The van der Waals surface area contributed by atoms with E-state index in [-0.39, 0.29) is 17.6 Å². The summed E-state index contributed by atoms with van der Waals surface area (Å²) < 4.78 is 0. The highest BCUT2D eigenvalue weighted by molar-refractivity contribution is 6.30. The largest absolute Gasteiger partial charge is 0.307 e. The first-order valence-electron chi connectivity index (χ1n) is 9.73. The van der Waals surface area contributed by atoms with Crippen LogP contribution in [0, 0.1) is 11.8 Å². The van der Waals surface area contributed by atoms with E-state index in [2.05, 4.69) is 17.2 Å². The maximum Gasteiger partial charge on any atom is 0.255 e. The molecule has 0 spiro atoms. The highest BCUT2D eigenvalue weighted by Crippen LogP contribution is 2.44. The van der Waals surface area contributed by atoms with Crippen LogP contribution in [0.5, 0.6) is 0 Å². The number of pyridine rings is 1. The van der Waals surface area contributed by atoms with Gasteiger partial charge in [0.2, 0.25) is 0 Å². The van der Waals surface area contributed by atoms with Crippen LogP contribution in [0.2, 0.25) is 5.02 Å². The molecule has 1 aromatic carbocycles. The Labute approximate surface area is 174 Å². The van der Waals surface area contributed by atoms with Crippen LogP contribution < -0.4 is 5.32 Å². The van der Waals surface area contributed by atoms with Gasteiger partial charge in [-0.05, 0) is 49.1 Å². The van der Waals surface area contributed by atoms with Crippen LogP contribution in [0.25, 0.3) is 0 Å². The van der Waals surface area contributed by atoms with E-state index in [0.717, 1.165) is 17.7 Å². The Kier molecular flexibility index (Phi) is 5.33. The van der Waals surface area contributed by atoms with Gasteiger partial charge >= 0.3 is 0 Å². The van der Waals surface area contributed by atoms with Gasteiger partial charge in [-0.2, -0.15) is 0 Å². The maximum atomic E-state index is 13.3. The summed E-state index contributed by atoms with van der Waals surface area (Å²) in [6, 6.07) is 12.7. The second kappa shape index (κ2) is 7.91. The lowest BCUT2D eigenvalue weighted by Crippen LogP contribution is -2.41. The number of fused-ring (bicyclic) bond motifs is 1. The van der Waals surface area contributed by atoms with Crippen molar-refractivity contribution in [3.63, 3.8) is 0 Å². The Balaban J connectivity index is 1.81. The van der Waals surface area contributed by atoms with Crippen LogP contribution in [-0.2, 0) is 9.59 Å². The number of benzene rings is 1. The maximum absolute atomic E-state index is 13.3. The highest BCUT2D eigenvalue weighted by Gasteiger charge is 2.44. The third-order valence-corrected chi connectivity index (χ3v) is 5.75. The van der Waals surface area contributed by atoms with Crippen molar-refractivity contribution in [1.29, 1.82) is 0 Å². The Bertz CT molecular complexity index is 1030. The van der Waals surface area contributed by atoms with Gasteiger partial charge in [-0.25, -0.2) is 4.98 Å². The van der Waals surface area contributed by atoms with E-state index in [4.69, 9.17) is 16.6 Å². The molecule has 2 heterocycles. The summed E-state index contributed by atoms with van der Waals surface area (Å²) in [4.78, 5) is 35.2. The molecule has 1 saturated carbocycles. The second-order valence-corrected chi connectivity index (χ2v) is 8.20. The third kappa shape index (κ3) is 3.87. The zero-order valence-electron chi connectivity index (χ0n) is 16.4. The topological polar surface area (TPSA) is 71.4 Å². The number of carbonyl (C=O) groups excluding carboxylic acids is 2. The molecule has 1 N–H and O–H groups in total. The number of aliphatic imine (C=N–C) groups is 1. The zero-order valence-corrected chi connectivity index (χ0v) is 17.1. The summed E-state index contributed by atoms with van der Waals surface area (Å²) in [6.07, 6.45) is 2.88. The van der Waals surface area contributed by atoms with Gasteiger partial charge in [0.25, 0.3) is 5.91 Å². The lowest BCUT2D eigenvalue weighted by atomic mass is 9.67. The Morgan fingerprint density at radius 1 is 1.14 bits per heavy atom. The molecule has 0 saturated heterocycles. The molecule has 2 aromatic rings. The Hall–Kier alpha value is -2.79. The van der Waals surface area contributed by atoms with Crippen molar-refractivity contribution in [3.8, 4) is 0 Å². The first kappa shape index (κ1) is 19.5. The van der Waals surface area contributed by atoms with E-state index in [1.54, 1.807) is 24.4 Å². The molecule has 2 aliphatic rings. The number of Topliss-reactive ketones (excluding diaryl/α,β-unsaturated/α-hetero) is 1. The number of carbonyl (C=O) groups is 2. The quantitative estimate of drug-likeness (QED) is 0.794. The number of amides is 1. The zero-order chi connectivity index (χ0) is 20.5. The number of hydrogen-bond donors (Lipinski definition) is 1. The van der Waals surface area contributed by atoms with Crippen molar-refractivity contribution in [2.75, 3.05) is 5.32 Å². The normalized spacial score (nSPS) is 24.0. The van der Waals surface area contributed by atoms with Crippen LogP contribution in [0.1, 0.15) is 38.2 Å². The number of anilines is 1. The van der Waals surface area contributed by atoms with Gasteiger partial charge in [0.15, 0.2) is 0 Å². The van der Waals surface area contributed by atoms with Crippen molar-refractivity contribution in [2.24, 2.45) is 16.8 Å². The number of allylic oxidation sites excluding steroid dienone is 1. The van der Waals surface area contributed by atoms with Crippen molar-refractivity contribution >= 4 is 34.8 Å². The number of hydrogen-bond acceptors (Lipinski definition) is 4. The number of halogens is 1. The Morgan fingerprint density at radius 2 is 1.97 bits per heavy atom. The highest BCUT2D eigenvalue weighted by atomic mass is 35.5. The molecule has 1 fully saturated rings. The minimum absolute atomic E-state index is 0.128. The minimum atomic E-state index is -0.433. The predicted molar refractivity (Wildman–Crippen MR) is 114 cm³/mol. The Morgan fingerprint density at radius 3 is 2.69 bits per heavy atom. The molecule has 5 nitrogen and oxygen atoms in total. The van der Waals surface area contributed by atoms with Crippen LogP contribution >= 0.6 is 11.6 Å². The van der Waals surface area contributed by atoms with Gasteiger partial charge in [0, 0.05) is 40.5 Å². The first-order valence-corrected chi connectivity index (χ1v) is 10.1. The van der Waals surface area contributed by atoms with Gasteiger partial charge in [-0.3, -0.25) is 14.6 Å². The summed E-state index contributed by atoms with van der Waals surface area (Å²) in [5.41, 5.74) is 2.85. The summed E-state index contributed by atoms with van der Waals surface area (Å²) in [5.74, 6) is -0.290. The molecular weight excluding hydrogens is 386 g/mol. The van der Waals surface area contributed by atoms with Gasteiger partial charge in [0.1, 0.15) is 11.6 Å². The molecule has 1 aliphatic heterocycles. The van der Waals surface area contributed by atoms with Crippen molar-refractivity contribution < 1.29 is 9.59 Å². The summed E-state index contributed by atoms with van der Waals surface area (Å²) in [5, 5.41) is 3.43.